The van der Waals surface area contributed by atoms with Gasteiger partial charge in [0, 0.05) is 37.5 Å². The molecule has 1 aliphatic heterocycles. The fourth-order valence-corrected chi connectivity index (χ4v) is 2.60. The molecule has 6 heteroatoms. The highest BCUT2D eigenvalue weighted by Gasteiger charge is 2.33. The van der Waals surface area contributed by atoms with E-state index in [0.29, 0.717) is 19.7 Å². The molecule has 23 heavy (non-hydrogen) atoms. The molecule has 1 aromatic heterocycles. The Hall–Kier alpha value is -1.76. The number of aromatic nitrogens is 1. The summed E-state index contributed by atoms with van der Waals surface area (Å²) in [5.74, 6) is -0.389. The van der Waals surface area contributed by atoms with E-state index in [0.717, 1.165) is 12.0 Å². The van der Waals surface area contributed by atoms with Gasteiger partial charge in [-0.25, -0.2) is 0 Å². The third-order valence-corrected chi connectivity index (χ3v) is 3.88. The lowest BCUT2D eigenvalue weighted by molar-refractivity contribution is -0.138. The Morgan fingerprint density at radius 2 is 2.13 bits per heavy atom. The summed E-state index contributed by atoms with van der Waals surface area (Å²) in [7, 11) is 0. The average Bonchev–Trinajstić information content (AvgIpc) is 2.57. The number of hydrogen-bond donors (Lipinski definition) is 2. The van der Waals surface area contributed by atoms with Gasteiger partial charge in [-0.15, -0.1) is 0 Å². The lowest BCUT2D eigenvalue weighted by Gasteiger charge is -2.35. The zero-order chi connectivity index (χ0) is 16.7. The molecule has 1 aliphatic rings. The number of aliphatic hydroxyl groups is 2. The summed E-state index contributed by atoms with van der Waals surface area (Å²) in [5.41, 5.74) is 0.904. The van der Waals surface area contributed by atoms with Gasteiger partial charge >= 0.3 is 0 Å². The molecule has 0 aromatic carbocycles. The van der Waals surface area contributed by atoms with Crippen molar-refractivity contribution in [2.45, 2.75) is 25.6 Å². The molecule has 0 aliphatic carbocycles. The summed E-state index contributed by atoms with van der Waals surface area (Å²) in [4.78, 5) is 18.0. The smallest absolute Gasteiger partial charge is 0.246 e. The molecule has 0 saturated carbocycles. The maximum atomic E-state index is 12.4. The van der Waals surface area contributed by atoms with Crippen LogP contribution in [0, 0.1) is 5.92 Å². The van der Waals surface area contributed by atoms with Crippen LogP contribution in [0.25, 0.3) is 6.08 Å². The van der Waals surface area contributed by atoms with Gasteiger partial charge in [-0.05, 0) is 30.2 Å². The van der Waals surface area contributed by atoms with Crippen molar-refractivity contribution in [2.75, 3.05) is 26.3 Å². The number of ether oxygens (including phenoxy) is 1. The molecule has 0 bridgehead atoms. The van der Waals surface area contributed by atoms with Gasteiger partial charge in [0.15, 0.2) is 0 Å². The standard InChI is InChI=1S/C17H24N2O4/c1-2-9-19(10-14-11-23-12-15(20)17(14)22)16(21)4-3-13-5-7-18-8-6-13/h3-8,14-15,17,20,22H,2,9-12H2,1H3/b4-3+/t14-,15-,17+/m1/s1. The Morgan fingerprint density at radius 1 is 1.39 bits per heavy atom. The van der Waals surface area contributed by atoms with E-state index in [4.69, 9.17) is 4.74 Å². The highest BCUT2D eigenvalue weighted by atomic mass is 16.5. The quantitative estimate of drug-likeness (QED) is 0.754. The highest BCUT2D eigenvalue weighted by molar-refractivity contribution is 5.91. The Bertz CT molecular complexity index is 521. The third-order valence-electron chi connectivity index (χ3n) is 3.88. The molecule has 6 nitrogen and oxygen atoms in total. The molecule has 3 atom stereocenters. The highest BCUT2D eigenvalue weighted by Crippen LogP contribution is 2.17. The second-order valence-electron chi connectivity index (χ2n) is 5.75. The summed E-state index contributed by atoms with van der Waals surface area (Å²) >= 11 is 0. The number of carbonyl (C=O) groups excluding carboxylic acids is 1. The second-order valence-corrected chi connectivity index (χ2v) is 5.75. The first-order chi connectivity index (χ1) is 11.1. The van der Waals surface area contributed by atoms with Crippen molar-refractivity contribution in [2.24, 2.45) is 5.92 Å². The van der Waals surface area contributed by atoms with E-state index in [2.05, 4.69) is 4.98 Å². The zero-order valence-corrected chi connectivity index (χ0v) is 13.3. The first-order valence-corrected chi connectivity index (χ1v) is 7.92. The molecule has 1 amide bonds. The van der Waals surface area contributed by atoms with Crippen LogP contribution >= 0.6 is 0 Å². The molecule has 1 saturated heterocycles. The van der Waals surface area contributed by atoms with E-state index in [1.807, 2.05) is 19.1 Å². The van der Waals surface area contributed by atoms with Crippen LogP contribution in [0.5, 0.6) is 0 Å². The van der Waals surface area contributed by atoms with Crippen LogP contribution in [0.1, 0.15) is 18.9 Å². The fourth-order valence-electron chi connectivity index (χ4n) is 2.60. The minimum Gasteiger partial charge on any atom is -0.390 e. The number of nitrogens with zero attached hydrogens (tertiary/aromatic N) is 2. The summed E-state index contributed by atoms with van der Waals surface area (Å²) in [6, 6.07) is 3.64. The summed E-state index contributed by atoms with van der Waals surface area (Å²) < 4.78 is 5.28. The number of hydrogen-bond acceptors (Lipinski definition) is 5. The molecule has 2 rings (SSSR count). The minimum absolute atomic E-state index is 0.115. The van der Waals surface area contributed by atoms with Crippen LogP contribution in [-0.2, 0) is 9.53 Å². The molecule has 0 radical (unpaired) electrons. The van der Waals surface area contributed by atoms with Crippen LogP contribution < -0.4 is 0 Å². The zero-order valence-electron chi connectivity index (χ0n) is 13.3. The summed E-state index contributed by atoms with van der Waals surface area (Å²) in [5, 5.41) is 19.7. The lowest BCUT2D eigenvalue weighted by atomic mass is 9.96. The number of carbonyl (C=O) groups is 1. The van der Waals surface area contributed by atoms with Gasteiger partial charge < -0.3 is 19.8 Å². The van der Waals surface area contributed by atoms with Crippen LogP contribution in [-0.4, -0.2) is 64.5 Å². The van der Waals surface area contributed by atoms with Crippen LogP contribution in [0.15, 0.2) is 30.6 Å². The largest absolute Gasteiger partial charge is 0.390 e. The molecule has 0 spiro atoms. The predicted molar refractivity (Wildman–Crippen MR) is 86.5 cm³/mol. The predicted octanol–water partition coefficient (Wildman–Crippen LogP) is 0.702. The van der Waals surface area contributed by atoms with Crippen LogP contribution in [0.2, 0.25) is 0 Å². The van der Waals surface area contributed by atoms with E-state index in [-0.39, 0.29) is 18.4 Å². The third kappa shape index (κ3) is 5.13. The maximum Gasteiger partial charge on any atom is 0.246 e. The van der Waals surface area contributed by atoms with Crippen molar-refractivity contribution in [1.82, 2.24) is 9.88 Å². The number of pyridine rings is 1. The Morgan fingerprint density at radius 3 is 2.83 bits per heavy atom. The van der Waals surface area contributed by atoms with Gasteiger partial charge in [0.1, 0.15) is 6.10 Å². The monoisotopic (exact) mass is 320 g/mol. The van der Waals surface area contributed by atoms with Crippen LogP contribution in [0.4, 0.5) is 0 Å². The lowest BCUT2D eigenvalue weighted by Crippen LogP contribution is -2.49. The fraction of sp³-hybridized carbons (Fsp3) is 0.529. The first-order valence-electron chi connectivity index (χ1n) is 7.92. The molecule has 0 unspecified atom stereocenters. The van der Waals surface area contributed by atoms with Crippen molar-refractivity contribution >= 4 is 12.0 Å². The van der Waals surface area contributed by atoms with E-state index >= 15 is 0 Å². The van der Waals surface area contributed by atoms with Crippen molar-refractivity contribution in [1.29, 1.82) is 0 Å². The SMILES string of the molecule is CCCN(C[C@@H]1COC[C@@H](O)[C@H]1O)C(=O)/C=C/c1ccncc1. The maximum absolute atomic E-state index is 12.4. The molecular weight excluding hydrogens is 296 g/mol. The number of amides is 1. The molecule has 2 heterocycles. The average molecular weight is 320 g/mol. The Balaban J connectivity index is 1.99. The Labute approximate surface area is 136 Å². The van der Waals surface area contributed by atoms with E-state index in [9.17, 15) is 15.0 Å². The molecule has 126 valence electrons. The van der Waals surface area contributed by atoms with E-state index < -0.39 is 12.2 Å². The topological polar surface area (TPSA) is 82.9 Å². The van der Waals surface area contributed by atoms with Gasteiger partial charge in [0.25, 0.3) is 0 Å². The van der Waals surface area contributed by atoms with Crippen molar-refractivity contribution < 1.29 is 19.7 Å². The van der Waals surface area contributed by atoms with Gasteiger partial charge in [-0.3, -0.25) is 9.78 Å². The molecule has 1 aromatic rings. The summed E-state index contributed by atoms with van der Waals surface area (Å²) in [6.45, 7) is 3.45. The summed E-state index contributed by atoms with van der Waals surface area (Å²) in [6.07, 6.45) is 5.68. The number of rotatable bonds is 6. The van der Waals surface area contributed by atoms with Gasteiger partial charge in [0.2, 0.25) is 5.91 Å². The van der Waals surface area contributed by atoms with E-state index in [1.54, 1.807) is 23.4 Å². The molecule has 2 N–H and O–H groups in total. The van der Waals surface area contributed by atoms with Crippen molar-refractivity contribution in [3.05, 3.63) is 36.2 Å². The van der Waals surface area contributed by atoms with Crippen molar-refractivity contribution in [3.63, 3.8) is 0 Å². The number of aliphatic hydroxyl groups excluding tert-OH is 2. The van der Waals surface area contributed by atoms with E-state index in [1.165, 1.54) is 6.08 Å². The Kier molecular flexibility index (Phi) is 6.70. The molecule has 1 fully saturated rings. The minimum atomic E-state index is -0.889. The van der Waals surface area contributed by atoms with Gasteiger partial charge in [-0.2, -0.15) is 0 Å². The van der Waals surface area contributed by atoms with Crippen LogP contribution in [0.3, 0.4) is 0 Å². The second kappa shape index (κ2) is 8.76. The van der Waals surface area contributed by atoms with Gasteiger partial charge in [-0.1, -0.05) is 6.92 Å². The first kappa shape index (κ1) is 17.6. The molecular formula is C17H24N2O4. The van der Waals surface area contributed by atoms with Crippen molar-refractivity contribution in [3.8, 4) is 0 Å². The van der Waals surface area contributed by atoms with Gasteiger partial charge in [0.05, 0.1) is 19.3 Å². The normalized spacial score (nSPS) is 24.7.